The van der Waals surface area contributed by atoms with Crippen molar-refractivity contribution in [3.8, 4) is 22.6 Å². The Morgan fingerprint density at radius 2 is 1.82 bits per heavy atom. The molecule has 1 amide bonds. The summed E-state index contributed by atoms with van der Waals surface area (Å²) in [5, 5.41) is 6.95. The number of halogens is 5. The number of hydrogen-bond donors (Lipinski definition) is 1. The van der Waals surface area contributed by atoms with E-state index in [9.17, 15) is 31.9 Å². The molecule has 4 rings (SSSR count). The summed E-state index contributed by atoms with van der Waals surface area (Å²) < 4.78 is 60.9. The number of alkyl halides is 3. The number of ether oxygens (including phenoxy) is 1. The van der Waals surface area contributed by atoms with Crippen molar-refractivity contribution in [2.45, 2.75) is 25.6 Å². The van der Waals surface area contributed by atoms with Crippen molar-refractivity contribution < 1.29 is 31.9 Å². The van der Waals surface area contributed by atoms with E-state index < -0.39 is 41.0 Å². The van der Waals surface area contributed by atoms with Crippen LogP contribution in [0.25, 0.3) is 16.8 Å². The van der Waals surface area contributed by atoms with E-state index >= 15 is 0 Å². The second-order valence-electron chi connectivity index (χ2n) is 8.71. The van der Waals surface area contributed by atoms with Crippen LogP contribution in [0.4, 0.5) is 17.6 Å². The van der Waals surface area contributed by atoms with E-state index in [1.165, 1.54) is 50.6 Å². The fourth-order valence-corrected chi connectivity index (χ4v) is 4.18. The Morgan fingerprint density at radius 3 is 2.42 bits per heavy atom. The number of amides is 1. The van der Waals surface area contributed by atoms with Crippen molar-refractivity contribution in [2.24, 2.45) is 5.73 Å². The van der Waals surface area contributed by atoms with Crippen molar-refractivity contribution in [3.63, 3.8) is 0 Å². The molecule has 0 aliphatic rings. The molecule has 2 N–H and O–H groups in total. The lowest BCUT2D eigenvalue weighted by molar-refractivity contribution is -0.141. The molecule has 2 heterocycles. The Kier molecular flexibility index (Phi) is 7.78. The van der Waals surface area contributed by atoms with Crippen molar-refractivity contribution in [3.05, 3.63) is 92.9 Å². The molecule has 1 atom stereocenters. The molecule has 9 nitrogen and oxygen atoms in total. The molecular weight excluding hydrogens is 558 g/mol. The third-order valence-electron chi connectivity index (χ3n) is 6.10. The number of rotatable bonds is 8. The van der Waals surface area contributed by atoms with Crippen LogP contribution in [0, 0.1) is 5.82 Å². The van der Waals surface area contributed by atoms with Gasteiger partial charge in [0.05, 0.1) is 36.8 Å². The predicted molar refractivity (Wildman–Crippen MR) is 136 cm³/mol. The Hall–Kier alpha value is -4.52. The Morgan fingerprint density at radius 1 is 1.10 bits per heavy atom. The number of carbonyl (C=O) groups excluding carboxylic acids is 2. The molecular formula is C26H20ClF4N5O4. The maximum atomic E-state index is 14.1. The lowest BCUT2D eigenvalue weighted by Gasteiger charge is -2.18. The minimum atomic E-state index is -4.72. The van der Waals surface area contributed by atoms with E-state index in [4.69, 9.17) is 22.1 Å². The SMILES string of the molecule is COc1cn([C@@H](C)C(=O)Cc2ccc(C(N)=O)c(F)c2)c(=O)cc1-c1cc(Cl)ccc1-n1cc(C(F)(F)F)nn1. The number of methoxy groups -OCH3 is 1. The Balaban J connectivity index is 1.71. The van der Waals surface area contributed by atoms with E-state index in [2.05, 4.69) is 10.3 Å². The number of aromatic nitrogens is 4. The maximum Gasteiger partial charge on any atom is 0.436 e. The molecule has 0 fully saturated rings. The van der Waals surface area contributed by atoms with Crippen molar-refractivity contribution in [1.82, 2.24) is 19.6 Å². The standard InChI is InChI=1S/C26H20ClF4N5O4/c1-13(21(37)8-14-3-5-16(25(32)39)19(28)7-14)35-11-22(40-2)18(10-24(35)38)17-9-15(27)4-6-20(17)36-12-23(33-34-36)26(29,30)31/h3-7,9-13H,8H2,1-2H3,(H2,32,39)/t13-/m0/s1. The van der Waals surface area contributed by atoms with Gasteiger partial charge in [-0.1, -0.05) is 22.9 Å². The third kappa shape index (κ3) is 5.73. The Labute approximate surface area is 228 Å². The molecule has 0 unspecified atom stereocenters. The number of benzene rings is 2. The monoisotopic (exact) mass is 577 g/mol. The minimum absolute atomic E-state index is 0.107. The predicted octanol–water partition coefficient (Wildman–Crippen LogP) is 4.39. The summed E-state index contributed by atoms with van der Waals surface area (Å²) in [7, 11) is 1.31. The highest BCUT2D eigenvalue weighted by molar-refractivity contribution is 6.31. The van der Waals surface area contributed by atoms with Crippen LogP contribution in [0.15, 0.2) is 59.7 Å². The molecule has 2 aromatic heterocycles. The zero-order valence-corrected chi connectivity index (χ0v) is 21.6. The Bertz CT molecular complexity index is 1680. The zero-order valence-electron chi connectivity index (χ0n) is 20.9. The summed E-state index contributed by atoms with van der Waals surface area (Å²) in [6.07, 6.45) is -2.99. The van der Waals surface area contributed by atoms with Crippen LogP contribution in [0.2, 0.25) is 5.02 Å². The average Bonchev–Trinajstić information content (AvgIpc) is 3.39. The van der Waals surface area contributed by atoms with Gasteiger partial charge >= 0.3 is 6.18 Å². The van der Waals surface area contributed by atoms with E-state index in [-0.39, 0.29) is 45.1 Å². The number of carbonyl (C=O) groups is 2. The summed E-state index contributed by atoms with van der Waals surface area (Å²) in [6, 6.07) is 7.98. The number of hydrogen-bond acceptors (Lipinski definition) is 6. The minimum Gasteiger partial charge on any atom is -0.495 e. The maximum absolute atomic E-state index is 14.1. The number of primary amides is 1. The highest BCUT2D eigenvalue weighted by Crippen LogP contribution is 2.36. The summed E-state index contributed by atoms with van der Waals surface area (Å²) in [4.78, 5) is 37.4. The number of Topliss-reactive ketones (excluding diaryl/α,β-unsaturated/α-hetero) is 1. The van der Waals surface area contributed by atoms with Gasteiger partial charge in [0.25, 0.3) is 11.5 Å². The third-order valence-corrected chi connectivity index (χ3v) is 6.34. The normalized spacial score (nSPS) is 12.3. The summed E-state index contributed by atoms with van der Waals surface area (Å²) in [5.41, 5.74) is 3.73. The fourth-order valence-electron chi connectivity index (χ4n) is 4.01. The number of pyridine rings is 1. The van der Waals surface area contributed by atoms with Crippen LogP contribution in [0.5, 0.6) is 5.75 Å². The number of ketones is 1. The molecule has 0 saturated heterocycles. The van der Waals surface area contributed by atoms with E-state index in [0.717, 1.165) is 21.4 Å². The first-order valence-electron chi connectivity index (χ1n) is 11.5. The van der Waals surface area contributed by atoms with Gasteiger partial charge in [-0.05, 0) is 42.8 Å². The molecule has 0 saturated carbocycles. The molecule has 0 radical (unpaired) electrons. The van der Waals surface area contributed by atoms with E-state index in [1.54, 1.807) is 0 Å². The van der Waals surface area contributed by atoms with Gasteiger partial charge in [-0.2, -0.15) is 13.2 Å². The molecule has 40 heavy (non-hydrogen) atoms. The lowest BCUT2D eigenvalue weighted by Crippen LogP contribution is -2.28. The van der Waals surface area contributed by atoms with Gasteiger partial charge in [-0.3, -0.25) is 14.4 Å². The first-order valence-corrected chi connectivity index (χ1v) is 11.9. The average molecular weight is 578 g/mol. The van der Waals surface area contributed by atoms with Crippen molar-refractivity contribution >= 4 is 23.3 Å². The van der Waals surface area contributed by atoms with Crippen molar-refractivity contribution in [1.29, 1.82) is 0 Å². The summed E-state index contributed by atoms with van der Waals surface area (Å²) >= 11 is 6.16. The molecule has 14 heteroatoms. The summed E-state index contributed by atoms with van der Waals surface area (Å²) in [5.74, 6) is -2.17. The second kappa shape index (κ2) is 10.9. The van der Waals surface area contributed by atoms with Gasteiger partial charge in [-0.25, -0.2) is 9.07 Å². The molecule has 0 aliphatic heterocycles. The van der Waals surface area contributed by atoms with Gasteiger partial charge in [0.15, 0.2) is 11.5 Å². The number of nitrogens with two attached hydrogens (primary N) is 1. The van der Waals surface area contributed by atoms with Crippen LogP contribution in [0.3, 0.4) is 0 Å². The first kappa shape index (κ1) is 28.5. The zero-order chi connectivity index (χ0) is 29.4. The van der Waals surface area contributed by atoms with Crippen LogP contribution in [0.1, 0.15) is 34.6 Å². The molecule has 4 aromatic rings. The molecule has 0 bridgehead atoms. The van der Waals surface area contributed by atoms with Crippen LogP contribution < -0.4 is 16.0 Å². The van der Waals surface area contributed by atoms with Crippen LogP contribution in [-0.4, -0.2) is 38.4 Å². The van der Waals surface area contributed by atoms with Crippen molar-refractivity contribution in [2.75, 3.05) is 7.11 Å². The van der Waals surface area contributed by atoms with Crippen LogP contribution >= 0.6 is 11.6 Å². The highest BCUT2D eigenvalue weighted by Gasteiger charge is 2.35. The largest absolute Gasteiger partial charge is 0.495 e. The van der Waals surface area contributed by atoms with E-state index in [0.29, 0.717) is 6.20 Å². The van der Waals surface area contributed by atoms with Gasteiger partial charge in [0, 0.05) is 28.6 Å². The molecule has 208 valence electrons. The highest BCUT2D eigenvalue weighted by atomic mass is 35.5. The first-order chi connectivity index (χ1) is 18.8. The molecule has 0 aliphatic carbocycles. The van der Waals surface area contributed by atoms with E-state index in [1.807, 2.05) is 0 Å². The molecule has 0 spiro atoms. The second-order valence-corrected chi connectivity index (χ2v) is 9.14. The van der Waals surface area contributed by atoms with Crippen LogP contribution in [-0.2, 0) is 17.4 Å². The van der Waals surface area contributed by atoms with Gasteiger partial charge in [0.2, 0.25) is 0 Å². The van der Waals surface area contributed by atoms with Gasteiger partial charge in [0.1, 0.15) is 11.6 Å². The summed E-state index contributed by atoms with van der Waals surface area (Å²) in [6.45, 7) is 1.47. The molecule has 2 aromatic carbocycles. The number of nitrogens with zero attached hydrogens (tertiary/aromatic N) is 4. The topological polar surface area (TPSA) is 122 Å². The quantitative estimate of drug-likeness (QED) is 0.310. The smallest absolute Gasteiger partial charge is 0.436 e. The van der Waals surface area contributed by atoms with Gasteiger partial charge in [-0.15, -0.1) is 5.10 Å². The lowest BCUT2D eigenvalue weighted by atomic mass is 10.0. The van der Waals surface area contributed by atoms with Gasteiger partial charge < -0.3 is 15.0 Å². The fraction of sp³-hybridized carbons (Fsp3) is 0.192.